The van der Waals surface area contributed by atoms with Crippen molar-refractivity contribution in [1.29, 1.82) is 0 Å². The molecule has 0 aliphatic carbocycles. The molecule has 2 N–H and O–H groups in total. The normalized spacial score (nSPS) is 15.3. The molecule has 72 valence electrons. The summed E-state index contributed by atoms with van der Waals surface area (Å²) in [5.41, 5.74) is 0.303. The number of benzene rings is 1. The minimum absolute atomic E-state index is 0.0276. The molecule has 0 aliphatic heterocycles. The summed E-state index contributed by atoms with van der Waals surface area (Å²) in [4.78, 5) is 0. The summed E-state index contributed by atoms with van der Waals surface area (Å²) in [5.74, 6) is 0. The van der Waals surface area contributed by atoms with Crippen molar-refractivity contribution in [3.05, 3.63) is 35.9 Å². The lowest BCUT2D eigenvalue weighted by atomic mass is 9.94. The van der Waals surface area contributed by atoms with E-state index in [1.54, 1.807) is 6.92 Å². The van der Waals surface area contributed by atoms with Crippen LogP contribution >= 0.6 is 0 Å². The molecular formula is C11H16O2. The molecule has 1 aromatic carbocycles. The van der Waals surface area contributed by atoms with Crippen LogP contribution in [-0.2, 0) is 6.42 Å². The summed E-state index contributed by atoms with van der Waals surface area (Å²) in [7, 11) is 0. The van der Waals surface area contributed by atoms with E-state index in [0.717, 1.165) is 5.56 Å². The molecule has 0 aliphatic rings. The largest absolute Gasteiger partial charge is 0.396 e. The second-order valence-electron chi connectivity index (χ2n) is 3.63. The molecule has 0 amide bonds. The Morgan fingerprint density at radius 1 is 1.23 bits per heavy atom. The number of hydrogen-bond donors (Lipinski definition) is 2. The molecule has 0 aromatic heterocycles. The van der Waals surface area contributed by atoms with Crippen LogP contribution in [-0.4, -0.2) is 22.4 Å². The molecule has 1 atom stereocenters. The van der Waals surface area contributed by atoms with E-state index in [1.165, 1.54) is 0 Å². The van der Waals surface area contributed by atoms with Gasteiger partial charge in [-0.2, -0.15) is 0 Å². The third-order valence-corrected chi connectivity index (χ3v) is 2.08. The fourth-order valence-corrected chi connectivity index (χ4v) is 1.36. The minimum Gasteiger partial charge on any atom is -0.396 e. The van der Waals surface area contributed by atoms with E-state index in [2.05, 4.69) is 0 Å². The molecule has 0 spiro atoms. The van der Waals surface area contributed by atoms with E-state index in [0.29, 0.717) is 12.8 Å². The Balaban J connectivity index is 2.58. The van der Waals surface area contributed by atoms with Crippen LogP contribution < -0.4 is 0 Å². The van der Waals surface area contributed by atoms with Crippen molar-refractivity contribution >= 4 is 0 Å². The average molecular weight is 180 g/mol. The van der Waals surface area contributed by atoms with Gasteiger partial charge in [0.25, 0.3) is 0 Å². The van der Waals surface area contributed by atoms with Gasteiger partial charge < -0.3 is 10.2 Å². The van der Waals surface area contributed by atoms with E-state index in [1.807, 2.05) is 30.3 Å². The van der Waals surface area contributed by atoms with Gasteiger partial charge >= 0.3 is 0 Å². The highest BCUT2D eigenvalue weighted by Gasteiger charge is 2.19. The highest BCUT2D eigenvalue weighted by molar-refractivity contribution is 5.16. The Morgan fingerprint density at radius 2 is 1.85 bits per heavy atom. The SMILES string of the molecule is C[C@](O)(CCO)Cc1ccccc1. The predicted molar refractivity (Wildman–Crippen MR) is 52.5 cm³/mol. The van der Waals surface area contributed by atoms with E-state index >= 15 is 0 Å². The molecule has 0 unspecified atom stereocenters. The maximum absolute atomic E-state index is 9.81. The first-order chi connectivity index (χ1) is 6.14. The van der Waals surface area contributed by atoms with E-state index in [-0.39, 0.29) is 6.61 Å². The van der Waals surface area contributed by atoms with Gasteiger partial charge in [0, 0.05) is 13.0 Å². The van der Waals surface area contributed by atoms with Gasteiger partial charge in [0.1, 0.15) is 0 Å². The van der Waals surface area contributed by atoms with Crippen LogP contribution in [0.1, 0.15) is 18.9 Å². The van der Waals surface area contributed by atoms with E-state index in [9.17, 15) is 5.11 Å². The van der Waals surface area contributed by atoms with Crippen molar-refractivity contribution in [2.45, 2.75) is 25.4 Å². The topological polar surface area (TPSA) is 40.5 Å². The highest BCUT2D eigenvalue weighted by Crippen LogP contribution is 2.15. The smallest absolute Gasteiger partial charge is 0.0681 e. The molecule has 0 radical (unpaired) electrons. The lowest BCUT2D eigenvalue weighted by Gasteiger charge is -2.21. The van der Waals surface area contributed by atoms with Crippen molar-refractivity contribution < 1.29 is 10.2 Å². The predicted octanol–water partition coefficient (Wildman–Crippen LogP) is 1.36. The van der Waals surface area contributed by atoms with Gasteiger partial charge in [0.15, 0.2) is 0 Å². The summed E-state index contributed by atoms with van der Waals surface area (Å²) in [5, 5.41) is 18.5. The lowest BCUT2D eigenvalue weighted by Crippen LogP contribution is -2.28. The van der Waals surface area contributed by atoms with Gasteiger partial charge in [-0.05, 0) is 18.9 Å². The monoisotopic (exact) mass is 180 g/mol. The van der Waals surface area contributed by atoms with Crippen molar-refractivity contribution in [3.63, 3.8) is 0 Å². The summed E-state index contributed by atoms with van der Waals surface area (Å²) < 4.78 is 0. The van der Waals surface area contributed by atoms with Crippen LogP contribution in [0.15, 0.2) is 30.3 Å². The molecule has 0 saturated heterocycles. The van der Waals surface area contributed by atoms with Gasteiger partial charge in [0.05, 0.1) is 5.60 Å². The van der Waals surface area contributed by atoms with Crippen molar-refractivity contribution in [1.82, 2.24) is 0 Å². The van der Waals surface area contributed by atoms with Crippen LogP contribution in [0.3, 0.4) is 0 Å². The minimum atomic E-state index is -0.796. The van der Waals surface area contributed by atoms with Crippen LogP contribution in [0.5, 0.6) is 0 Å². The summed E-state index contributed by atoms with van der Waals surface area (Å²) in [6.07, 6.45) is 1.01. The number of aliphatic hydroxyl groups is 2. The maximum Gasteiger partial charge on any atom is 0.0681 e. The van der Waals surface area contributed by atoms with Crippen LogP contribution in [0.25, 0.3) is 0 Å². The van der Waals surface area contributed by atoms with E-state index in [4.69, 9.17) is 5.11 Å². The first kappa shape index (κ1) is 10.2. The number of aliphatic hydroxyl groups excluding tert-OH is 1. The zero-order chi connectivity index (χ0) is 9.73. The molecule has 13 heavy (non-hydrogen) atoms. The summed E-state index contributed by atoms with van der Waals surface area (Å²) in [6.45, 7) is 1.77. The Kier molecular flexibility index (Phi) is 3.46. The Bertz CT molecular complexity index is 242. The third kappa shape index (κ3) is 3.57. The van der Waals surface area contributed by atoms with E-state index < -0.39 is 5.60 Å². The Morgan fingerprint density at radius 3 is 2.38 bits per heavy atom. The number of hydrogen-bond acceptors (Lipinski definition) is 2. The van der Waals surface area contributed by atoms with Gasteiger partial charge in [-0.25, -0.2) is 0 Å². The molecule has 1 aromatic rings. The summed E-state index contributed by atoms with van der Waals surface area (Å²) in [6, 6.07) is 9.80. The second-order valence-corrected chi connectivity index (χ2v) is 3.63. The lowest BCUT2D eigenvalue weighted by molar-refractivity contribution is 0.0338. The molecule has 0 fully saturated rings. The number of rotatable bonds is 4. The Hall–Kier alpha value is -0.860. The van der Waals surface area contributed by atoms with Crippen LogP contribution in [0.4, 0.5) is 0 Å². The molecule has 2 nitrogen and oxygen atoms in total. The first-order valence-corrected chi connectivity index (χ1v) is 4.51. The molecule has 2 heteroatoms. The standard InChI is InChI=1S/C11H16O2/c1-11(13,7-8-12)9-10-5-3-2-4-6-10/h2-6,12-13H,7-9H2,1H3/t11-/m0/s1. The van der Waals surface area contributed by atoms with Crippen molar-refractivity contribution in [2.75, 3.05) is 6.61 Å². The average Bonchev–Trinajstić information content (AvgIpc) is 2.04. The zero-order valence-corrected chi connectivity index (χ0v) is 7.90. The van der Waals surface area contributed by atoms with Gasteiger partial charge in [-0.3, -0.25) is 0 Å². The van der Waals surface area contributed by atoms with Gasteiger partial charge in [-0.1, -0.05) is 30.3 Å². The summed E-state index contributed by atoms with van der Waals surface area (Å²) >= 11 is 0. The molecule has 1 rings (SSSR count). The zero-order valence-electron chi connectivity index (χ0n) is 7.90. The maximum atomic E-state index is 9.81. The van der Waals surface area contributed by atoms with Gasteiger partial charge in [0.2, 0.25) is 0 Å². The third-order valence-electron chi connectivity index (χ3n) is 2.08. The first-order valence-electron chi connectivity index (χ1n) is 4.51. The van der Waals surface area contributed by atoms with Crippen LogP contribution in [0.2, 0.25) is 0 Å². The molecule has 0 saturated carbocycles. The Labute approximate surface area is 78.8 Å². The quantitative estimate of drug-likeness (QED) is 0.734. The van der Waals surface area contributed by atoms with Crippen molar-refractivity contribution in [3.8, 4) is 0 Å². The molecule has 0 heterocycles. The van der Waals surface area contributed by atoms with Gasteiger partial charge in [-0.15, -0.1) is 0 Å². The van der Waals surface area contributed by atoms with Crippen molar-refractivity contribution in [2.24, 2.45) is 0 Å². The fourth-order valence-electron chi connectivity index (χ4n) is 1.36. The highest BCUT2D eigenvalue weighted by atomic mass is 16.3. The second kappa shape index (κ2) is 4.40. The molecule has 0 bridgehead atoms. The fraction of sp³-hybridized carbons (Fsp3) is 0.455. The van der Waals surface area contributed by atoms with Crippen LogP contribution in [0, 0.1) is 0 Å². The molecular weight excluding hydrogens is 164 g/mol.